The monoisotopic (exact) mass is 253 g/mol. The molecular weight excluding hydrogens is 234 g/mol. The molecule has 3 nitrogen and oxygen atoms in total. The molecule has 0 radical (unpaired) electrons. The second-order valence-corrected chi connectivity index (χ2v) is 6.87. The Morgan fingerprint density at radius 3 is 2.60 bits per heavy atom. The molecule has 1 aliphatic heterocycles. The van der Waals surface area contributed by atoms with Crippen LogP contribution in [0.4, 0.5) is 0 Å². The minimum atomic E-state index is -3.07. The Balaban J connectivity index is 2.62. The van der Waals surface area contributed by atoms with E-state index in [9.17, 15) is 8.42 Å². The van der Waals surface area contributed by atoms with Gasteiger partial charge in [0.2, 0.25) is 10.0 Å². The topological polar surface area (TPSA) is 37.4 Å². The van der Waals surface area contributed by atoms with Crippen LogP contribution in [0.3, 0.4) is 0 Å². The van der Waals surface area contributed by atoms with Gasteiger partial charge in [-0.05, 0) is 32.1 Å². The summed E-state index contributed by atoms with van der Waals surface area (Å²) in [5.41, 5.74) is 0. The lowest BCUT2D eigenvalue weighted by atomic mass is 9.95. The zero-order valence-electron chi connectivity index (χ0n) is 9.45. The summed E-state index contributed by atoms with van der Waals surface area (Å²) >= 11 is 5.52. The van der Waals surface area contributed by atoms with Crippen LogP contribution in [-0.2, 0) is 10.0 Å². The number of piperidine rings is 1. The lowest BCUT2D eigenvalue weighted by molar-refractivity contribution is 0.220. The maximum absolute atomic E-state index is 11.9. The Bertz CT molecular complexity index is 292. The summed E-state index contributed by atoms with van der Waals surface area (Å²) in [6, 6.07) is 0.147. The summed E-state index contributed by atoms with van der Waals surface area (Å²) in [4.78, 5) is 0. The van der Waals surface area contributed by atoms with E-state index < -0.39 is 10.0 Å². The Kier molecular flexibility index (Phi) is 4.87. The molecule has 0 aromatic rings. The minimum absolute atomic E-state index is 0.147. The Hall–Kier alpha value is 0.200. The Labute approximate surface area is 97.8 Å². The normalized spacial score (nSPS) is 29.3. The van der Waals surface area contributed by atoms with Crippen molar-refractivity contribution in [2.75, 3.05) is 18.2 Å². The average molecular weight is 254 g/mol. The lowest BCUT2D eigenvalue weighted by Gasteiger charge is -2.35. The Morgan fingerprint density at radius 2 is 2.07 bits per heavy atom. The van der Waals surface area contributed by atoms with Gasteiger partial charge < -0.3 is 0 Å². The molecule has 1 fully saturated rings. The minimum Gasteiger partial charge on any atom is -0.212 e. The first kappa shape index (κ1) is 13.3. The van der Waals surface area contributed by atoms with E-state index in [0.717, 1.165) is 12.8 Å². The number of rotatable bonds is 4. The SMILES string of the molecule is CC1CCN(S(=O)(=O)CCCCl)C(C)C1. The van der Waals surface area contributed by atoms with Gasteiger partial charge in [-0.3, -0.25) is 0 Å². The van der Waals surface area contributed by atoms with E-state index in [2.05, 4.69) is 6.92 Å². The van der Waals surface area contributed by atoms with E-state index in [1.165, 1.54) is 0 Å². The molecule has 5 heteroatoms. The molecule has 0 amide bonds. The van der Waals surface area contributed by atoms with E-state index in [1.54, 1.807) is 4.31 Å². The van der Waals surface area contributed by atoms with E-state index in [4.69, 9.17) is 11.6 Å². The first-order chi connectivity index (χ1) is 6.97. The summed E-state index contributed by atoms with van der Waals surface area (Å²) in [5, 5.41) is 0. The summed E-state index contributed by atoms with van der Waals surface area (Å²) in [6.07, 6.45) is 2.49. The van der Waals surface area contributed by atoms with Crippen molar-refractivity contribution in [2.45, 2.75) is 39.2 Å². The molecule has 2 unspecified atom stereocenters. The molecule has 1 rings (SSSR count). The van der Waals surface area contributed by atoms with Crippen molar-refractivity contribution >= 4 is 21.6 Å². The highest BCUT2D eigenvalue weighted by Crippen LogP contribution is 2.24. The molecule has 0 saturated carbocycles. The van der Waals surface area contributed by atoms with Crippen LogP contribution in [0.2, 0.25) is 0 Å². The van der Waals surface area contributed by atoms with Crippen molar-refractivity contribution in [3.05, 3.63) is 0 Å². The fraction of sp³-hybridized carbons (Fsp3) is 1.00. The maximum Gasteiger partial charge on any atom is 0.214 e. The lowest BCUT2D eigenvalue weighted by Crippen LogP contribution is -2.45. The van der Waals surface area contributed by atoms with Gasteiger partial charge in [-0.2, -0.15) is 4.31 Å². The second-order valence-electron chi connectivity index (χ2n) is 4.45. The number of nitrogens with zero attached hydrogens (tertiary/aromatic N) is 1. The van der Waals surface area contributed by atoms with Gasteiger partial charge in [0.1, 0.15) is 0 Å². The summed E-state index contributed by atoms with van der Waals surface area (Å²) in [7, 11) is -3.07. The summed E-state index contributed by atoms with van der Waals surface area (Å²) in [5.74, 6) is 1.24. The smallest absolute Gasteiger partial charge is 0.212 e. The molecule has 1 heterocycles. The molecule has 15 heavy (non-hydrogen) atoms. The molecule has 0 spiro atoms. The van der Waals surface area contributed by atoms with Crippen molar-refractivity contribution in [1.82, 2.24) is 4.31 Å². The predicted molar refractivity (Wildman–Crippen MR) is 63.7 cm³/mol. The third-order valence-corrected chi connectivity index (χ3v) is 5.30. The van der Waals surface area contributed by atoms with Crippen molar-refractivity contribution in [3.63, 3.8) is 0 Å². The van der Waals surface area contributed by atoms with Gasteiger partial charge in [0.05, 0.1) is 5.75 Å². The van der Waals surface area contributed by atoms with Gasteiger partial charge in [0.15, 0.2) is 0 Å². The van der Waals surface area contributed by atoms with Gasteiger partial charge in [-0.1, -0.05) is 6.92 Å². The highest BCUT2D eigenvalue weighted by molar-refractivity contribution is 7.89. The summed E-state index contributed by atoms with van der Waals surface area (Å²) < 4.78 is 25.5. The molecule has 1 saturated heterocycles. The van der Waals surface area contributed by atoms with Crippen LogP contribution in [0.5, 0.6) is 0 Å². The largest absolute Gasteiger partial charge is 0.214 e. The third kappa shape index (κ3) is 3.61. The number of halogens is 1. The second kappa shape index (κ2) is 5.51. The van der Waals surface area contributed by atoms with Crippen LogP contribution in [0, 0.1) is 5.92 Å². The zero-order valence-corrected chi connectivity index (χ0v) is 11.0. The number of alkyl halides is 1. The van der Waals surface area contributed by atoms with Gasteiger partial charge in [-0.25, -0.2) is 8.42 Å². The van der Waals surface area contributed by atoms with Gasteiger partial charge in [-0.15, -0.1) is 11.6 Å². The van der Waals surface area contributed by atoms with Gasteiger partial charge in [0.25, 0.3) is 0 Å². The summed E-state index contributed by atoms with van der Waals surface area (Å²) in [6.45, 7) is 4.85. The van der Waals surface area contributed by atoms with Crippen LogP contribution >= 0.6 is 11.6 Å². The third-order valence-electron chi connectivity index (χ3n) is 2.97. The molecule has 90 valence electrons. The number of sulfonamides is 1. The first-order valence-corrected chi connectivity index (χ1v) is 7.67. The Morgan fingerprint density at radius 1 is 1.40 bits per heavy atom. The highest BCUT2D eigenvalue weighted by Gasteiger charge is 2.31. The van der Waals surface area contributed by atoms with Crippen LogP contribution in [0.25, 0.3) is 0 Å². The van der Waals surface area contributed by atoms with E-state index in [0.29, 0.717) is 24.8 Å². The number of hydrogen-bond donors (Lipinski definition) is 0. The molecule has 0 N–H and O–H groups in total. The van der Waals surface area contributed by atoms with Crippen LogP contribution in [0.1, 0.15) is 33.1 Å². The van der Waals surface area contributed by atoms with Crippen LogP contribution < -0.4 is 0 Å². The molecule has 2 atom stereocenters. The predicted octanol–water partition coefficient (Wildman–Crippen LogP) is 2.07. The van der Waals surface area contributed by atoms with E-state index in [1.807, 2.05) is 6.92 Å². The fourth-order valence-corrected chi connectivity index (χ4v) is 4.21. The molecule has 0 aromatic carbocycles. The number of hydrogen-bond acceptors (Lipinski definition) is 2. The van der Waals surface area contributed by atoms with Crippen molar-refractivity contribution in [2.24, 2.45) is 5.92 Å². The quantitative estimate of drug-likeness (QED) is 0.720. The zero-order chi connectivity index (χ0) is 11.5. The van der Waals surface area contributed by atoms with Gasteiger partial charge >= 0.3 is 0 Å². The standard InChI is InChI=1S/C10H20ClNO2S/c1-9-4-6-12(10(2)8-9)15(13,14)7-3-5-11/h9-10H,3-8H2,1-2H3. The molecule has 0 aliphatic carbocycles. The van der Waals surface area contributed by atoms with Crippen molar-refractivity contribution in [1.29, 1.82) is 0 Å². The maximum atomic E-state index is 11.9. The van der Waals surface area contributed by atoms with Crippen LogP contribution in [-0.4, -0.2) is 36.9 Å². The first-order valence-electron chi connectivity index (χ1n) is 5.53. The van der Waals surface area contributed by atoms with E-state index in [-0.39, 0.29) is 11.8 Å². The van der Waals surface area contributed by atoms with Gasteiger partial charge in [0, 0.05) is 18.5 Å². The van der Waals surface area contributed by atoms with Crippen molar-refractivity contribution in [3.8, 4) is 0 Å². The molecule has 0 bridgehead atoms. The molecule has 1 aliphatic rings. The highest BCUT2D eigenvalue weighted by atomic mass is 35.5. The fourth-order valence-electron chi connectivity index (χ4n) is 2.15. The molecule has 0 aromatic heterocycles. The van der Waals surface area contributed by atoms with Crippen LogP contribution in [0.15, 0.2) is 0 Å². The average Bonchev–Trinajstić information content (AvgIpc) is 2.14. The van der Waals surface area contributed by atoms with Crippen molar-refractivity contribution < 1.29 is 8.42 Å². The molecular formula is C10H20ClNO2S. The van der Waals surface area contributed by atoms with E-state index >= 15 is 0 Å².